The van der Waals surface area contributed by atoms with E-state index in [1.165, 1.54) is 31.4 Å². The molecule has 1 heterocycles. The van der Waals surface area contributed by atoms with Crippen LogP contribution in [-0.2, 0) is 0 Å². The van der Waals surface area contributed by atoms with E-state index >= 15 is 0 Å². The Balaban J connectivity index is 1.93. The Labute approximate surface area is 123 Å². The lowest BCUT2D eigenvalue weighted by atomic mass is 10.1. The van der Waals surface area contributed by atoms with Gasteiger partial charge in [-0.3, -0.25) is 4.90 Å². The summed E-state index contributed by atoms with van der Waals surface area (Å²) in [6.45, 7) is 8.51. The van der Waals surface area contributed by atoms with Gasteiger partial charge in [0.1, 0.15) is 5.75 Å². The number of hydrogen-bond acceptors (Lipinski definition) is 3. The van der Waals surface area contributed by atoms with Crippen LogP contribution >= 0.6 is 0 Å². The van der Waals surface area contributed by atoms with Crippen LogP contribution in [0.4, 0.5) is 0 Å². The van der Waals surface area contributed by atoms with Crippen LogP contribution in [0.2, 0.25) is 0 Å². The molecule has 0 radical (unpaired) electrons. The third-order valence-corrected chi connectivity index (χ3v) is 4.08. The molecule has 0 amide bonds. The Morgan fingerprint density at radius 3 is 2.60 bits per heavy atom. The third kappa shape index (κ3) is 3.97. The molecule has 2 rings (SSSR count). The molecule has 1 fully saturated rings. The quantitative estimate of drug-likeness (QED) is 0.866. The lowest BCUT2D eigenvalue weighted by Gasteiger charge is -2.26. The lowest BCUT2D eigenvalue weighted by Crippen LogP contribution is -2.35. The van der Waals surface area contributed by atoms with Gasteiger partial charge in [-0.1, -0.05) is 19.1 Å². The van der Waals surface area contributed by atoms with Crippen molar-refractivity contribution in [3.05, 3.63) is 29.8 Å². The van der Waals surface area contributed by atoms with E-state index in [-0.39, 0.29) is 12.1 Å². The van der Waals surface area contributed by atoms with Crippen molar-refractivity contribution in [2.24, 2.45) is 5.73 Å². The minimum atomic E-state index is 0.0928. The van der Waals surface area contributed by atoms with Crippen molar-refractivity contribution >= 4 is 0 Å². The Bertz CT molecular complexity index is 402. The molecule has 2 N–H and O–H groups in total. The number of rotatable bonds is 6. The van der Waals surface area contributed by atoms with Crippen LogP contribution in [0.15, 0.2) is 24.3 Å². The van der Waals surface area contributed by atoms with Crippen molar-refractivity contribution in [2.45, 2.75) is 58.2 Å². The largest absolute Gasteiger partial charge is 0.491 e. The number of ether oxygens (including phenoxy) is 1. The summed E-state index contributed by atoms with van der Waals surface area (Å²) in [5.74, 6) is 0.920. The summed E-state index contributed by atoms with van der Waals surface area (Å²) in [7, 11) is 0. The van der Waals surface area contributed by atoms with E-state index in [0.29, 0.717) is 0 Å². The first-order valence-corrected chi connectivity index (χ1v) is 7.86. The first-order valence-electron chi connectivity index (χ1n) is 7.86. The molecule has 1 aliphatic heterocycles. The molecule has 0 aliphatic carbocycles. The summed E-state index contributed by atoms with van der Waals surface area (Å²) in [6.07, 6.45) is 4.08. The van der Waals surface area contributed by atoms with Gasteiger partial charge in [0.2, 0.25) is 0 Å². The highest BCUT2D eigenvalue weighted by Gasteiger charge is 2.24. The Morgan fingerprint density at radius 1 is 1.30 bits per heavy atom. The second-order valence-corrected chi connectivity index (χ2v) is 6.04. The fraction of sp³-hybridized carbons (Fsp3) is 0.647. The maximum atomic E-state index is 6.36. The van der Waals surface area contributed by atoms with E-state index in [2.05, 4.69) is 24.0 Å². The van der Waals surface area contributed by atoms with Crippen molar-refractivity contribution in [1.82, 2.24) is 4.90 Å². The number of nitrogens with two attached hydrogens (primary N) is 1. The second kappa shape index (κ2) is 7.09. The standard InChI is InChI=1S/C17H28N2O/c1-4-15-6-5-11-19(15)12-17(18)14-7-9-16(10-8-14)20-13(2)3/h7-10,13,15,17H,4-6,11-12,18H2,1-3H3. The average molecular weight is 276 g/mol. The molecule has 1 aromatic carbocycles. The molecule has 0 bridgehead atoms. The van der Waals surface area contributed by atoms with Crippen LogP contribution in [-0.4, -0.2) is 30.1 Å². The molecule has 0 spiro atoms. The van der Waals surface area contributed by atoms with E-state index in [4.69, 9.17) is 10.5 Å². The first kappa shape index (κ1) is 15.3. The predicted octanol–water partition coefficient (Wildman–Crippen LogP) is 3.35. The fourth-order valence-corrected chi connectivity index (χ4v) is 3.02. The summed E-state index contributed by atoms with van der Waals surface area (Å²) >= 11 is 0. The van der Waals surface area contributed by atoms with E-state index in [9.17, 15) is 0 Å². The minimum absolute atomic E-state index is 0.0928. The molecular weight excluding hydrogens is 248 g/mol. The molecule has 0 saturated carbocycles. The van der Waals surface area contributed by atoms with E-state index < -0.39 is 0 Å². The number of nitrogens with zero attached hydrogens (tertiary/aromatic N) is 1. The summed E-state index contributed by atoms with van der Waals surface area (Å²) in [4.78, 5) is 2.54. The highest BCUT2D eigenvalue weighted by Crippen LogP contribution is 2.24. The van der Waals surface area contributed by atoms with Crippen LogP contribution in [0.3, 0.4) is 0 Å². The number of likely N-dealkylation sites (tertiary alicyclic amines) is 1. The monoisotopic (exact) mass is 276 g/mol. The van der Waals surface area contributed by atoms with Gasteiger partial charge in [-0.05, 0) is 57.4 Å². The Kier molecular flexibility index (Phi) is 5.44. The predicted molar refractivity (Wildman–Crippen MR) is 84.0 cm³/mol. The molecule has 1 saturated heterocycles. The molecule has 1 aliphatic rings. The van der Waals surface area contributed by atoms with Crippen LogP contribution in [0, 0.1) is 0 Å². The average Bonchev–Trinajstić information content (AvgIpc) is 2.86. The van der Waals surface area contributed by atoms with Gasteiger partial charge in [-0.15, -0.1) is 0 Å². The molecule has 0 aromatic heterocycles. The van der Waals surface area contributed by atoms with Crippen molar-refractivity contribution in [2.75, 3.05) is 13.1 Å². The molecule has 3 nitrogen and oxygen atoms in total. The third-order valence-electron chi connectivity index (χ3n) is 4.08. The zero-order chi connectivity index (χ0) is 14.5. The number of benzene rings is 1. The molecule has 1 aromatic rings. The molecule has 2 atom stereocenters. The van der Waals surface area contributed by atoms with Crippen molar-refractivity contribution in [3.8, 4) is 5.75 Å². The highest BCUT2D eigenvalue weighted by atomic mass is 16.5. The molecular formula is C17H28N2O. The molecule has 20 heavy (non-hydrogen) atoms. The Morgan fingerprint density at radius 2 is 2.00 bits per heavy atom. The van der Waals surface area contributed by atoms with E-state index in [1.807, 2.05) is 26.0 Å². The van der Waals surface area contributed by atoms with Gasteiger partial charge in [0.05, 0.1) is 6.10 Å². The zero-order valence-electron chi connectivity index (χ0n) is 13.0. The lowest BCUT2D eigenvalue weighted by molar-refractivity contribution is 0.233. The van der Waals surface area contributed by atoms with Crippen molar-refractivity contribution < 1.29 is 4.74 Å². The topological polar surface area (TPSA) is 38.5 Å². The Hall–Kier alpha value is -1.06. The number of hydrogen-bond donors (Lipinski definition) is 1. The van der Waals surface area contributed by atoms with Crippen LogP contribution in [0.5, 0.6) is 5.75 Å². The molecule has 112 valence electrons. The summed E-state index contributed by atoms with van der Waals surface area (Å²) in [6, 6.07) is 9.06. The maximum Gasteiger partial charge on any atom is 0.119 e. The summed E-state index contributed by atoms with van der Waals surface area (Å²) < 4.78 is 5.67. The fourth-order valence-electron chi connectivity index (χ4n) is 3.02. The van der Waals surface area contributed by atoms with Crippen LogP contribution in [0.25, 0.3) is 0 Å². The van der Waals surface area contributed by atoms with Gasteiger partial charge < -0.3 is 10.5 Å². The van der Waals surface area contributed by atoms with Gasteiger partial charge >= 0.3 is 0 Å². The molecule has 2 unspecified atom stereocenters. The summed E-state index contributed by atoms with van der Waals surface area (Å²) in [5, 5.41) is 0. The zero-order valence-corrected chi connectivity index (χ0v) is 13.0. The van der Waals surface area contributed by atoms with E-state index in [1.54, 1.807) is 0 Å². The first-order chi connectivity index (χ1) is 9.60. The highest BCUT2D eigenvalue weighted by molar-refractivity contribution is 5.29. The SMILES string of the molecule is CCC1CCCN1CC(N)c1ccc(OC(C)C)cc1. The van der Waals surface area contributed by atoms with Gasteiger partial charge in [-0.25, -0.2) is 0 Å². The van der Waals surface area contributed by atoms with Gasteiger partial charge in [0.15, 0.2) is 0 Å². The molecule has 3 heteroatoms. The van der Waals surface area contributed by atoms with Crippen LogP contribution < -0.4 is 10.5 Å². The van der Waals surface area contributed by atoms with Gasteiger partial charge in [-0.2, -0.15) is 0 Å². The smallest absolute Gasteiger partial charge is 0.119 e. The van der Waals surface area contributed by atoms with Crippen LogP contribution in [0.1, 0.15) is 51.6 Å². The van der Waals surface area contributed by atoms with Gasteiger partial charge in [0, 0.05) is 18.6 Å². The normalized spacial score (nSPS) is 21.4. The van der Waals surface area contributed by atoms with Crippen molar-refractivity contribution in [1.29, 1.82) is 0 Å². The minimum Gasteiger partial charge on any atom is -0.491 e. The maximum absolute atomic E-state index is 6.36. The van der Waals surface area contributed by atoms with E-state index in [0.717, 1.165) is 18.3 Å². The summed E-state index contributed by atoms with van der Waals surface area (Å²) in [5.41, 5.74) is 7.56. The second-order valence-electron chi connectivity index (χ2n) is 6.04. The van der Waals surface area contributed by atoms with Gasteiger partial charge in [0.25, 0.3) is 0 Å². The van der Waals surface area contributed by atoms with Crippen molar-refractivity contribution in [3.63, 3.8) is 0 Å².